The Kier molecular flexibility index (Phi) is 3.52. The highest BCUT2D eigenvalue weighted by Gasteiger charge is 2.37. The maximum atomic E-state index is 12.0. The molecule has 0 radical (unpaired) electrons. The average Bonchev–Trinajstić information content (AvgIpc) is 2.85. The average molecular weight is 328 g/mol. The number of aromatic nitrogens is 2. The predicted octanol–water partition coefficient (Wildman–Crippen LogP) is 1.76. The van der Waals surface area contributed by atoms with Crippen LogP contribution in [0, 0.1) is 0 Å². The molecule has 0 aliphatic carbocycles. The van der Waals surface area contributed by atoms with Crippen molar-refractivity contribution in [2.24, 2.45) is 0 Å². The Morgan fingerprint density at radius 1 is 1.48 bits per heavy atom. The lowest BCUT2D eigenvalue weighted by molar-refractivity contribution is -0.00769. The van der Waals surface area contributed by atoms with E-state index in [0.29, 0.717) is 31.0 Å². The largest absolute Gasteiger partial charge is 0.385 e. The first-order valence-electron chi connectivity index (χ1n) is 6.72. The molecular weight excluding hydrogens is 310 g/mol. The second-order valence-corrected chi connectivity index (χ2v) is 8.58. The molecule has 3 rings (SSSR count). The maximum absolute atomic E-state index is 12.0. The molecule has 7 heteroatoms. The Bertz CT molecular complexity index is 777. The Morgan fingerprint density at radius 3 is 2.76 bits per heavy atom. The number of hydrogen-bond acceptors (Lipinski definition) is 3. The van der Waals surface area contributed by atoms with Crippen molar-refractivity contribution in [3.8, 4) is 0 Å². The van der Waals surface area contributed by atoms with Gasteiger partial charge in [0, 0.05) is 45.0 Å². The van der Waals surface area contributed by atoms with Gasteiger partial charge in [0.15, 0.2) is 0 Å². The number of piperidine rings is 1. The van der Waals surface area contributed by atoms with E-state index in [1.54, 1.807) is 18.5 Å². The summed E-state index contributed by atoms with van der Waals surface area (Å²) in [4.78, 5) is 0. The van der Waals surface area contributed by atoms with Crippen molar-refractivity contribution in [2.45, 2.75) is 18.4 Å². The highest BCUT2D eigenvalue weighted by Crippen LogP contribution is 2.38. The van der Waals surface area contributed by atoms with Crippen LogP contribution in [0.15, 0.2) is 18.3 Å². The molecule has 5 nitrogen and oxygen atoms in total. The Labute approximate surface area is 129 Å². The van der Waals surface area contributed by atoms with Gasteiger partial charge in [-0.1, -0.05) is 11.6 Å². The van der Waals surface area contributed by atoms with Gasteiger partial charge in [-0.05, 0) is 30.8 Å². The van der Waals surface area contributed by atoms with Gasteiger partial charge in [0.05, 0.1) is 17.3 Å². The molecule has 2 aromatic rings. The van der Waals surface area contributed by atoms with Gasteiger partial charge in [-0.15, -0.1) is 0 Å². The summed E-state index contributed by atoms with van der Waals surface area (Å²) in [6, 6.07) is 3.60. The number of H-pyrrole nitrogens is 1. The van der Waals surface area contributed by atoms with E-state index in [-0.39, 0.29) is 0 Å². The van der Waals surface area contributed by atoms with Crippen molar-refractivity contribution < 1.29 is 9.32 Å². The summed E-state index contributed by atoms with van der Waals surface area (Å²) in [6.45, 7) is 1.08. The first-order valence-corrected chi connectivity index (χ1v) is 9.19. The summed E-state index contributed by atoms with van der Waals surface area (Å²) in [5.41, 5.74) is 0.577. The summed E-state index contributed by atoms with van der Waals surface area (Å²) < 4.78 is 13.8. The van der Waals surface area contributed by atoms with E-state index in [2.05, 4.69) is 16.1 Å². The van der Waals surface area contributed by atoms with Gasteiger partial charge in [-0.2, -0.15) is 5.10 Å². The molecule has 0 bridgehead atoms. The fourth-order valence-corrected chi connectivity index (χ4v) is 4.08. The molecule has 1 unspecified atom stereocenters. The molecule has 21 heavy (non-hydrogen) atoms. The number of hydrogen-bond donors (Lipinski definition) is 2. The monoisotopic (exact) mass is 327 g/mol. The van der Waals surface area contributed by atoms with Crippen LogP contribution in [-0.2, 0) is 15.3 Å². The second kappa shape index (κ2) is 4.98. The van der Waals surface area contributed by atoms with Crippen molar-refractivity contribution in [1.82, 2.24) is 14.5 Å². The number of nitrogens with one attached hydrogen (secondary N) is 1. The minimum atomic E-state index is -2.22. The number of halogens is 1. The minimum absolute atomic E-state index is 0.488. The molecule has 0 amide bonds. The molecule has 114 valence electrons. The number of benzene rings is 1. The minimum Gasteiger partial charge on any atom is -0.385 e. The summed E-state index contributed by atoms with van der Waals surface area (Å²) in [7, 11) is -2.22. The molecule has 1 atom stereocenters. The molecular formula is C14H18ClN3O2S. The number of rotatable bonds is 2. The summed E-state index contributed by atoms with van der Waals surface area (Å²) in [5, 5.41) is 19.4. The second-order valence-electron chi connectivity index (χ2n) is 5.71. The van der Waals surface area contributed by atoms with Crippen molar-refractivity contribution in [1.29, 1.82) is 0 Å². The van der Waals surface area contributed by atoms with Crippen LogP contribution in [0.4, 0.5) is 0 Å². The van der Waals surface area contributed by atoms with E-state index in [0.717, 1.165) is 16.5 Å². The topological polar surface area (TPSA) is 69.2 Å². The first kappa shape index (κ1) is 14.8. The van der Waals surface area contributed by atoms with Gasteiger partial charge in [0.25, 0.3) is 0 Å². The number of aromatic amines is 1. The highest BCUT2D eigenvalue weighted by molar-refractivity contribution is 7.97. The van der Waals surface area contributed by atoms with Crippen LogP contribution in [-0.4, -0.2) is 49.0 Å². The molecule has 0 saturated carbocycles. The zero-order chi connectivity index (χ0) is 15.3. The SMILES string of the molecule is C=S(C)(=O)N1CCC(O)(c2cc(Cl)cc3cn[nH]c23)CC1. The number of aliphatic hydroxyl groups is 1. The molecule has 1 aromatic carbocycles. The lowest BCUT2D eigenvalue weighted by Crippen LogP contribution is -2.44. The zero-order valence-electron chi connectivity index (χ0n) is 11.8. The third-order valence-corrected chi connectivity index (χ3v) is 5.79. The van der Waals surface area contributed by atoms with E-state index in [1.807, 2.05) is 10.4 Å². The Balaban J connectivity index is 1.98. The van der Waals surface area contributed by atoms with Gasteiger partial charge >= 0.3 is 0 Å². The highest BCUT2D eigenvalue weighted by atomic mass is 35.5. The first-order chi connectivity index (χ1) is 9.79. The van der Waals surface area contributed by atoms with E-state index < -0.39 is 15.3 Å². The van der Waals surface area contributed by atoms with E-state index in [4.69, 9.17) is 11.6 Å². The molecule has 0 spiro atoms. The Morgan fingerprint density at radius 2 is 2.14 bits per heavy atom. The molecule has 2 heterocycles. The van der Waals surface area contributed by atoms with Gasteiger partial charge < -0.3 is 5.11 Å². The van der Waals surface area contributed by atoms with Crippen molar-refractivity contribution in [2.75, 3.05) is 19.3 Å². The lowest BCUT2D eigenvalue weighted by Gasteiger charge is -2.39. The van der Waals surface area contributed by atoms with Gasteiger partial charge in [-0.25, -0.2) is 4.31 Å². The van der Waals surface area contributed by atoms with Crippen molar-refractivity contribution >= 4 is 38.1 Å². The van der Waals surface area contributed by atoms with E-state index in [9.17, 15) is 9.32 Å². The molecule has 1 saturated heterocycles. The van der Waals surface area contributed by atoms with Crippen LogP contribution < -0.4 is 0 Å². The smallest absolute Gasteiger partial charge is 0.0942 e. The lowest BCUT2D eigenvalue weighted by atomic mass is 9.84. The molecule has 1 fully saturated rings. The van der Waals surface area contributed by atoms with Gasteiger partial charge in [0.1, 0.15) is 0 Å². The molecule has 2 N–H and O–H groups in total. The molecule has 1 aliphatic rings. The van der Waals surface area contributed by atoms with Crippen LogP contribution >= 0.6 is 11.6 Å². The predicted molar refractivity (Wildman–Crippen MR) is 87.0 cm³/mol. The fourth-order valence-electron chi connectivity index (χ4n) is 2.90. The quantitative estimate of drug-likeness (QED) is 0.826. The number of nitrogens with zero attached hydrogens (tertiary/aromatic N) is 2. The standard InChI is InChI=1S/C14H18ClN3O2S/c1-21(2,20)18-5-3-14(19,4-6-18)12-8-11(15)7-10-9-16-17-13(10)12/h7-9,19H,1,3-6H2,2H3,(H,16,17). The van der Waals surface area contributed by atoms with Crippen LogP contribution in [0.5, 0.6) is 0 Å². The summed E-state index contributed by atoms with van der Waals surface area (Å²) in [5.74, 6) is 3.71. The van der Waals surface area contributed by atoms with Crippen LogP contribution in [0.1, 0.15) is 18.4 Å². The maximum Gasteiger partial charge on any atom is 0.0942 e. The van der Waals surface area contributed by atoms with Crippen molar-refractivity contribution in [3.05, 3.63) is 28.9 Å². The van der Waals surface area contributed by atoms with E-state index in [1.165, 1.54) is 0 Å². The van der Waals surface area contributed by atoms with Gasteiger partial charge in [-0.3, -0.25) is 9.31 Å². The third-order valence-electron chi connectivity index (χ3n) is 4.11. The molecule has 1 aromatic heterocycles. The summed E-state index contributed by atoms with van der Waals surface area (Å²) in [6.07, 6.45) is 4.30. The van der Waals surface area contributed by atoms with Gasteiger partial charge in [0.2, 0.25) is 0 Å². The van der Waals surface area contributed by atoms with Crippen LogP contribution in [0.25, 0.3) is 10.9 Å². The zero-order valence-corrected chi connectivity index (χ0v) is 13.4. The third kappa shape index (κ3) is 2.68. The van der Waals surface area contributed by atoms with Crippen LogP contribution in [0.2, 0.25) is 5.02 Å². The van der Waals surface area contributed by atoms with Crippen LogP contribution in [0.3, 0.4) is 0 Å². The Hall–Kier alpha value is -1.08. The fraction of sp³-hybridized carbons (Fsp3) is 0.429. The van der Waals surface area contributed by atoms with E-state index >= 15 is 0 Å². The van der Waals surface area contributed by atoms with Crippen molar-refractivity contribution in [3.63, 3.8) is 0 Å². The normalized spacial score (nSPS) is 22.2. The molecule has 1 aliphatic heterocycles. The number of fused-ring (bicyclic) bond motifs is 1. The summed E-state index contributed by atoms with van der Waals surface area (Å²) >= 11 is 6.14.